The van der Waals surface area contributed by atoms with E-state index in [1.807, 2.05) is 14.0 Å². The van der Waals surface area contributed by atoms with E-state index in [0.717, 1.165) is 12.8 Å². The lowest BCUT2D eigenvalue weighted by atomic mass is 10.1. The van der Waals surface area contributed by atoms with Gasteiger partial charge in [0.15, 0.2) is 0 Å². The predicted molar refractivity (Wildman–Crippen MR) is 68.6 cm³/mol. The second-order valence-corrected chi connectivity index (χ2v) is 4.86. The third kappa shape index (κ3) is 3.07. The Balaban J connectivity index is 1.86. The van der Waals surface area contributed by atoms with Crippen molar-refractivity contribution in [3.8, 4) is 0 Å². The average Bonchev–Trinajstić information content (AvgIpc) is 3.19. The fourth-order valence-corrected chi connectivity index (χ4v) is 1.97. The summed E-state index contributed by atoms with van der Waals surface area (Å²) in [5, 5.41) is 3.07. The maximum Gasteiger partial charge on any atom is 0.236 e. The minimum atomic E-state index is -0.236. The topological polar surface area (TPSA) is 32.3 Å². The van der Waals surface area contributed by atoms with Crippen LogP contribution >= 0.6 is 0 Å². The fourth-order valence-electron chi connectivity index (χ4n) is 1.97. The van der Waals surface area contributed by atoms with Gasteiger partial charge in [0.1, 0.15) is 5.82 Å². The number of carbonyl (C=O) groups is 1. The number of hydrogen-bond acceptors (Lipinski definition) is 2. The van der Waals surface area contributed by atoms with E-state index in [1.165, 1.54) is 6.07 Å². The first-order chi connectivity index (χ1) is 8.59. The van der Waals surface area contributed by atoms with Crippen LogP contribution in [0.4, 0.5) is 4.39 Å². The van der Waals surface area contributed by atoms with Crippen molar-refractivity contribution in [1.82, 2.24) is 10.2 Å². The average molecular weight is 250 g/mol. The van der Waals surface area contributed by atoms with Gasteiger partial charge in [-0.1, -0.05) is 18.2 Å². The Bertz CT molecular complexity index is 432. The van der Waals surface area contributed by atoms with Crippen LogP contribution in [-0.2, 0) is 4.79 Å². The van der Waals surface area contributed by atoms with Crippen LogP contribution in [-0.4, -0.2) is 30.4 Å². The molecular weight excluding hydrogens is 231 g/mol. The Morgan fingerprint density at radius 1 is 1.50 bits per heavy atom. The molecule has 0 saturated heterocycles. The van der Waals surface area contributed by atoms with Gasteiger partial charge >= 0.3 is 0 Å². The van der Waals surface area contributed by atoms with Gasteiger partial charge in [0.25, 0.3) is 0 Å². The van der Waals surface area contributed by atoms with Gasteiger partial charge in [-0.05, 0) is 25.8 Å². The van der Waals surface area contributed by atoms with Crippen molar-refractivity contribution >= 4 is 5.91 Å². The van der Waals surface area contributed by atoms with E-state index in [-0.39, 0.29) is 24.3 Å². The molecule has 98 valence electrons. The van der Waals surface area contributed by atoms with Crippen molar-refractivity contribution in [3.05, 3.63) is 35.6 Å². The number of carbonyl (C=O) groups excluding carboxylic acids is 1. The third-order valence-corrected chi connectivity index (χ3v) is 3.42. The molecule has 0 aliphatic heterocycles. The molecule has 18 heavy (non-hydrogen) atoms. The van der Waals surface area contributed by atoms with Gasteiger partial charge in [-0.2, -0.15) is 0 Å². The standard InChI is InChI=1S/C14H19FN2O/c1-10(12-5-3-4-6-13(12)15)16-9-14(18)17(2)11-7-8-11/h3-6,10-11,16H,7-9H2,1-2H3/t10-/m1/s1. The summed E-state index contributed by atoms with van der Waals surface area (Å²) < 4.78 is 13.5. The highest BCUT2D eigenvalue weighted by Gasteiger charge is 2.29. The van der Waals surface area contributed by atoms with Crippen molar-refractivity contribution in [2.24, 2.45) is 0 Å². The zero-order chi connectivity index (χ0) is 13.1. The van der Waals surface area contributed by atoms with Crippen LogP contribution in [0.15, 0.2) is 24.3 Å². The summed E-state index contributed by atoms with van der Waals surface area (Å²) in [6.45, 7) is 2.12. The quantitative estimate of drug-likeness (QED) is 0.868. The molecule has 1 fully saturated rings. The number of hydrogen-bond donors (Lipinski definition) is 1. The molecule has 4 heteroatoms. The molecule has 1 aromatic carbocycles. The smallest absolute Gasteiger partial charge is 0.236 e. The summed E-state index contributed by atoms with van der Waals surface area (Å²) in [5.74, 6) is -0.166. The van der Waals surface area contributed by atoms with Gasteiger partial charge in [-0.25, -0.2) is 4.39 Å². The minimum Gasteiger partial charge on any atom is -0.342 e. The molecule has 1 aromatic rings. The van der Waals surface area contributed by atoms with E-state index < -0.39 is 0 Å². The fraction of sp³-hybridized carbons (Fsp3) is 0.500. The number of nitrogens with one attached hydrogen (secondary N) is 1. The third-order valence-electron chi connectivity index (χ3n) is 3.42. The van der Waals surface area contributed by atoms with Crippen molar-refractivity contribution in [3.63, 3.8) is 0 Å². The van der Waals surface area contributed by atoms with E-state index in [2.05, 4.69) is 5.32 Å². The molecule has 3 nitrogen and oxygen atoms in total. The number of amides is 1. The summed E-state index contributed by atoms with van der Waals surface area (Å²) >= 11 is 0. The van der Waals surface area contributed by atoms with E-state index in [0.29, 0.717) is 11.6 Å². The second-order valence-electron chi connectivity index (χ2n) is 4.86. The van der Waals surface area contributed by atoms with E-state index in [9.17, 15) is 9.18 Å². The van der Waals surface area contributed by atoms with Crippen LogP contribution < -0.4 is 5.32 Å². The van der Waals surface area contributed by atoms with Crippen molar-refractivity contribution in [2.75, 3.05) is 13.6 Å². The molecule has 0 unspecified atom stereocenters. The Morgan fingerprint density at radius 2 is 2.17 bits per heavy atom. The van der Waals surface area contributed by atoms with Crippen LogP contribution in [0.5, 0.6) is 0 Å². The molecule has 1 amide bonds. The monoisotopic (exact) mass is 250 g/mol. The lowest BCUT2D eigenvalue weighted by Crippen LogP contribution is -2.37. The molecule has 0 heterocycles. The molecule has 1 aliphatic carbocycles. The molecule has 2 rings (SSSR count). The number of rotatable bonds is 5. The van der Waals surface area contributed by atoms with Crippen molar-refractivity contribution in [2.45, 2.75) is 31.8 Å². The zero-order valence-corrected chi connectivity index (χ0v) is 10.8. The minimum absolute atomic E-state index is 0.0701. The first-order valence-electron chi connectivity index (χ1n) is 6.33. The van der Waals surface area contributed by atoms with Crippen molar-refractivity contribution < 1.29 is 9.18 Å². The Labute approximate surface area is 107 Å². The molecule has 0 bridgehead atoms. The number of halogens is 1. The van der Waals surface area contributed by atoms with Gasteiger partial charge in [0.05, 0.1) is 6.54 Å². The maximum atomic E-state index is 13.5. The summed E-state index contributed by atoms with van der Waals surface area (Å²) in [5.41, 5.74) is 0.597. The van der Waals surface area contributed by atoms with E-state index >= 15 is 0 Å². The van der Waals surface area contributed by atoms with Crippen LogP contribution in [0.2, 0.25) is 0 Å². The molecule has 1 aliphatic rings. The molecule has 0 aromatic heterocycles. The Morgan fingerprint density at radius 3 is 2.78 bits per heavy atom. The molecule has 0 spiro atoms. The summed E-state index contributed by atoms with van der Waals surface area (Å²) in [6.07, 6.45) is 2.20. The SMILES string of the molecule is C[C@@H](NCC(=O)N(C)C1CC1)c1ccccc1F. The van der Waals surface area contributed by atoms with Gasteiger partial charge < -0.3 is 10.2 Å². The van der Waals surface area contributed by atoms with Gasteiger partial charge in [-0.3, -0.25) is 4.79 Å². The first-order valence-corrected chi connectivity index (χ1v) is 6.33. The van der Waals surface area contributed by atoms with Crippen LogP contribution in [0.25, 0.3) is 0 Å². The van der Waals surface area contributed by atoms with Crippen LogP contribution in [0, 0.1) is 5.82 Å². The Kier molecular flexibility index (Phi) is 3.97. The first kappa shape index (κ1) is 13.0. The van der Waals surface area contributed by atoms with Gasteiger partial charge in [0, 0.05) is 24.7 Å². The van der Waals surface area contributed by atoms with E-state index in [1.54, 1.807) is 23.1 Å². The highest BCUT2D eigenvalue weighted by molar-refractivity contribution is 5.78. The number of nitrogens with zero attached hydrogens (tertiary/aromatic N) is 1. The molecular formula is C14H19FN2O. The van der Waals surface area contributed by atoms with Gasteiger partial charge in [0.2, 0.25) is 5.91 Å². The highest BCUT2D eigenvalue weighted by atomic mass is 19.1. The summed E-state index contributed by atoms with van der Waals surface area (Å²) in [6, 6.07) is 6.89. The zero-order valence-electron chi connectivity index (χ0n) is 10.8. The number of likely N-dealkylation sites (N-methyl/N-ethyl adjacent to an activating group) is 1. The predicted octanol–water partition coefficient (Wildman–Crippen LogP) is 2.10. The molecule has 0 radical (unpaired) electrons. The molecule has 1 saturated carbocycles. The largest absolute Gasteiger partial charge is 0.342 e. The van der Waals surface area contributed by atoms with Crippen LogP contribution in [0.1, 0.15) is 31.4 Å². The molecule has 1 N–H and O–H groups in total. The Hall–Kier alpha value is -1.42. The van der Waals surface area contributed by atoms with E-state index in [4.69, 9.17) is 0 Å². The maximum absolute atomic E-state index is 13.5. The molecule has 1 atom stereocenters. The number of benzene rings is 1. The second kappa shape index (κ2) is 5.48. The van der Waals surface area contributed by atoms with Gasteiger partial charge in [-0.15, -0.1) is 0 Å². The summed E-state index contributed by atoms with van der Waals surface area (Å²) in [7, 11) is 1.83. The van der Waals surface area contributed by atoms with Crippen LogP contribution in [0.3, 0.4) is 0 Å². The summed E-state index contributed by atoms with van der Waals surface area (Å²) in [4.78, 5) is 13.6. The van der Waals surface area contributed by atoms with Crippen molar-refractivity contribution in [1.29, 1.82) is 0 Å². The lowest BCUT2D eigenvalue weighted by molar-refractivity contribution is -0.129. The lowest BCUT2D eigenvalue weighted by Gasteiger charge is -2.19. The normalized spacial score (nSPS) is 16.4. The highest BCUT2D eigenvalue weighted by Crippen LogP contribution is 2.25.